The molecule has 0 radical (unpaired) electrons. The van der Waals surface area contributed by atoms with Crippen LogP contribution in [0.1, 0.15) is 11.1 Å². The van der Waals surface area contributed by atoms with E-state index >= 15 is 0 Å². The maximum atomic E-state index is 10.4. The molecule has 0 fully saturated rings. The van der Waals surface area contributed by atoms with Gasteiger partial charge in [-0.15, -0.1) is 11.6 Å². The smallest absolute Gasteiger partial charge is 0.270 e. The summed E-state index contributed by atoms with van der Waals surface area (Å²) in [6.07, 6.45) is 0. The lowest BCUT2D eigenvalue weighted by Crippen LogP contribution is -1.92. The number of non-ortho nitro benzene ring substituents is 1. The van der Waals surface area contributed by atoms with Gasteiger partial charge in [0.1, 0.15) is 5.75 Å². The summed E-state index contributed by atoms with van der Waals surface area (Å²) in [5, 5.41) is 19.8. The second kappa shape index (κ2) is 3.62. The zero-order valence-electron chi connectivity index (χ0n) is 6.95. The lowest BCUT2D eigenvalue weighted by atomic mass is 10.1. The number of phenolic OH excluding ortho intramolecular Hbond substituents is 1. The summed E-state index contributed by atoms with van der Waals surface area (Å²) in [4.78, 5) is 9.90. The molecule has 0 saturated carbocycles. The molecule has 0 atom stereocenters. The molecule has 0 bridgehead atoms. The highest BCUT2D eigenvalue weighted by atomic mass is 35.5. The molecule has 0 aliphatic carbocycles. The molecule has 1 N–H and O–H groups in total. The predicted octanol–water partition coefficient (Wildman–Crippen LogP) is 2.35. The molecule has 0 spiro atoms. The van der Waals surface area contributed by atoms with E-state index in [-0.39, 0.29) is 17.3 Å². The number of aromatic hydroxyl groups is 1. The van der Waals surface area contributed by atoms with E-state index in [1.54, 1.807) is 6.92 Å². The van der Waals surface area contributed by atoms with Gasteiger partial charge in [-0.25, -0.2) is 0 Å². The molecule has 0 saturated heterocycles. The monoisotopic (exact) mass is 201 g/mol. The first kappa shape index (κ1) is 9.80. The van der Waals surface area contributed by atoms with Gasteiger partial charge >= 0.3 is 0 Å². The minimum Gasteiger partial charge on any atom is -0.507 e. The van der Waals surface area contributed by atoms with Crippen LogP contribution in [-0.4, -0.2) is 10.0 Å². The van der Waals surface area contributed by atoms with Gasteiger partial charge in [0, 0.05) is 17.7 Å². The second-order valence-corrected chi connectivity index (χ2v) is 2.93. The zero-order valence-corrected chi connectivity index (χ0v) is 7.71. The molecule has 5 heteroatoms. The molecule has 1 rings (SSSR count). The minimum absolute atomic E-state index is 0.0283. The van der Waals surface area contributed by atoms with Crippen molar-refractivity contribution in [1.82, 2.24) is 0 Å². The number of nitro benzene ring substituents is 1. The van der Waals surface area contributed by atoms with Gasteiger partial charge in [-0.05, 0) is 12.5 Å². The Bertz CT molecular complexity index is 351. The quantitative estimate of drug-likeness (QED) is 0.454. The number of halogens is 1. The average molecular weight is 202 g/mol. The standard InChI is InChI=1S/C8H8ClNO3/c1-5-2-7(10(12)13)3-6(4-9)8(5)11/h2-3,11H,4H2,1H3. The van der Waals surface area contributed by atoms with Crippen LogP contribution in [0.4, 0.5) is 5.69 Å². The third-order valence-corrected chi connectivity index (χ3v) is 2.01. The van der Waals surface area contributed by atoms with E-state index in [4.69, 9.17) is 11.6 Å². The Morgan fingerprint density at radius 2 is 2.23 bits per heavy atom. The number of hydrogen-bond donors (Lipinski definition) is 1. The van der Waals surface area contributed by atoms with Crippen molar-refractivity contribution in [1.29, 1.82) is 0 Å². The molecule has 0 aliphatic heterocycles. The van der Waals surface area contributed by atoms with Crippen LogP contribution in [0.3, 0.4) is 0 Å². The Hall–Kier alpha value is -1.29. The topological polar surface area (TPSA) is 63.4 Å². The largest absolute Gasteiger partial charge is 0.507 e. The maximum absolute atomic E-state index is 10.4. The number of nitro groups is 1. The number of rotatable bonds is 2. The predicted molar refractivity (Wildman–Crippen MR) is 49.1 cm³/mol. The van der Waals surface area contributed by atoms with Gasteiger partial charge in [0.25, 0.3) is 5.69 Å². The van der Waals surface area contributed by atoms with Crippen LogP contribution in [-0.2, 0) is 5.88 Å². The van der Waals surface area contributed by atoms with Gasteiger partial charge in [0.2, 0.25) is 0 Å². The number of aryl methyl sites for hydroxylation is 1. The zero-order chi connectivity index (χ0) is 10.0. The maximum Gasteiger partial charge on any atom is 0.270 e. The van der Waals surface area contributed by atoms with Crippen LogP contribution in [0, 0.1) is 17.0 Å². The first-order chi connectivity index (χ1) is 6.06. The van der Waals surface area contributed by atoms with Crippen molar-refractivity contribution in [3.8, 4) is 5.75 Å². The van der Waals surface area contributed by atoms with Crippen LogP contribution >= 0.6 is 11.6 Å². The molecule has 0 aliphatic rings. The van der Waals surface area contributed by atoms with Gasteiger partial charge in [-0.1, -0.05) is 0 Å². The fraction of sp³-hybridized carbons (Fsp3) is 0.250. The van der Waals surface area contributed by atoms with Crippen LogP contribution in [0.25, 0.3) is 0 Å². The third kappa shape index (κ3) is 1.89. The normalized spacial score (nSPS) is 10.0. The van der Waals surface area contributed by atoms with Crippen molar-refractivity contribution >= 4 is 17.3 Å². The molecule has 0 amide bonds. The summed E-state index contributed by atoms with van der Waals surface area (Å²) < 4.78 is 0. The Kier molecular flexibility index (Phi) is 2.72. The van der Waals surface area contributed by atoms with Crippen molar-refractivity contribution in [2.45, 2.75) is 12.8 Å². The fourth-order valence-electron chi connectivity index (χ4n) is 1.04. The molecule has 4 nitrogen and oxygen atoms in total. The molecule has 70 valence electrons. The summed E-state index contributed by atoms with van der Waals surface area (Å²) in [5.74, 6) is 0.0922. The Morgan fingerprint density at radius 1 is 1.62 bits per heavy atom. The SMILES string of the molecule is Cc1cc([N+](=O)[O-])cc(CCl)c1O. The Balaban J connectivity index is 3.30. The lowest BCUT2D eigenvalue weighted by molar-refractivity contribution is -0.385. The molecule has 0 heterocycles. The van der Waals surface area contributed by atoms with Crippen molar-refractivity contribution < 1.29 is 10.0 Å². The molecule has 0 aromatic heterocycles. The number of hydrogen-bond acceptors (Lipinski definition) is 3. The third-order valence-electron chi connectivity index (χ3n) is 1.72. The lowest BCUT2D eigenvalue weighted by Gasteiger charge is -2.03. The molecule has 1 aromatic rings. The van der Waals surface area contributed by atoms with Crippen molar-refractivity contribution in [3.05, 3.63) is 33.4 Å². The fourth-order valence-corrected chi connectivity index (χ4v) is 1.24. The number of nitrogens with zero attached hydrogens (tertiary/aromatic N) is 1. The van der Waals surface area contributed by atoms with Crippen LogP contribution in [0.15, 0.2) is 12.1 Å². The molecule has 13 heavy (non-hydrogen) atoms. The van der Waals surface area contributed by atoms with Crippen LogP contribution in [0.2, 0.25) is 0 Å². The van der Waals surface area contributed by atoms with E-state index in [0.717, 1.165) is 0 Å². The second-order valence-electron chi connectivity index (χ2n) is 2.66. The van der Waals surface area contributed by atoms with Gasteiger partial charge < -0.3 is 5.11 Å². The highest BCUT2D eigenvalue weighted by Gasteiger charge is 2.12. The van der Waals surface area contributed by atoms with E-state index in [0.29, 0.717) is 11.1 Å². The number of benzene rings is 1. The van der Waals surface area contributed by atoms with E-state index in [1.165, 1.54) is 12.1 Å². The van der Waals surface area contributed by atoms with E-state index in [9.17, 15) is 15.2 Å². The van der Waals surface area contributed by atoms with Gasteiger partial charge in [0.15, 0.2) is 0 Å². The Morgan fingerprint density at radius 3 is 2.69 bits per heavy atom. The van der Waals surface area contributed by atoms with Crippen molar-refractivity contribution in [2.24, 2.45) is 0 Å². The average Bonchev–Trinajstić information content (AvgIpc) is 2.09. The number of alkyl halides is 1. The van der Waals surface area contributed by atoms with Gasteiger partial charge in [0.05, 0.1) is 10.8 Å². The Labute approximate surface area is 79.9 Å². The van der Waals surface area contributed by atoms with Crippen LogP contribution in [0.5, 0.6) is 5.75 Å². The summed E-state index contributed by atoms with van der Waals surface area (Å²) in [5.41, 5.74) is 0.796. The summed E-state index contributed by atoms with van der Waals surface area (Å²) >= 11 is 5.50. The first-order valence-electron chi connectivity index (χ1n) is 3.59. The minimum atomic E-state index is -0.511. The molecule has 0 unspecified atom stereocenters. The van der Waals surface area contributed by atoms with Crippen molar-refractivity contribution in [3.63, 3.8) is 0 Å². The number of phenols is 1. The van der Waals surface area contributed by atoms with E-state index in [2.05, 4.69) is 0 Å². The highest BCUT2D eigenvalue weighted by Crippen LogP contribution is 2.28. The summed E-state index contributed by atoms with van der Waals surface area (Å²) in [6.45, 7) is 1.60. The van der Waals surface area contributed by atoms with Gasteiger partial charge in [-0.3, -0.25) is 10.1 Å². The van der Waals surface area contributed by atoms with Gasteiger partial charge in [-0.2, -0.15) is 0 Å². The van der Waals surface area contributed by atoms with Crippen molar-refractivity contribution in [2.75, 3.05) is 0 Å². The molecular weight excluding hydrogens is 194 g/mol. The highest BCUT2D eigenvalue weighted by molar-refractivity contribution is 6.17. The van der Waals surface area contributed by atoms with Crippen LogP contribution < -0.4 is 0 Å². The van der Waals surface area contributed by atoms with E-state index in [1.807, 2.05) is 0 Å². The van der Waals surface area contributed by atoms with E-state index < -0.39 is 4.92 Å². The summed E-state index contributed by atoms with van der Waals surface area (Å²) in [6, 6.07) is 2.58. The molecule has 1 aromatic carbocycles. The molecular formula is C8H8ClNO3. The summed E-state index contributed by atoms with van der Waals surface area (Å²) in [7, 11) is 0. The first-order valence-corrected chi connectivity index (χ1v) is 4.12.